The van der Waals surface area contributed by atoms with Crippen LogP contribution < -0.4 is 10.1 Å². The van der Waals surface area contributed by atoms with Gasteiger partial charge in [-0.3, -0.25) is 4.79 Å². The summed E-state index contributed by atoms with van der Waals surface area (Å²) < 4.78 is 32.6. The van der Waals surface area contributed by atoms with Gasteiger partial charge in [-0.15, -0.1) is 0 Å². The van der Waals surface area contributed by atoms with Crippen molar-refractivity contribution in [2.24, 2.45) is 0 Å². The summed E-state index contributed by atoms with van der Waals surface area (Å²) in [4.78, 5) is 12.8. The first kappa shape index (κ1) is 20.4. The van der Waals surface area contributed by atoms with Crippen molar-refractivity contribution in [3.05, 3.63) is 53.6 Å². The van der Waals surface area contributed by atoms with Gasteiger partial charge in [0.25, 0.3) is 5.91 Å². The minimum atomic E-state index is -3.55. The first-order valence-corrected chi connectivity index (χ1v) is 10.8. The van der Waals surface area contributed by atoms with E-state index in [1.54, 1.807) is 29.6 Å². The molecule has 7 heteroatoms. The molecule has 1 saturated heterocycles. The highest BCUT2D eigenvalue weighted by Crippen LogP contribution is 2.27. The third kappa shape index (κ3) is 4.20. The standard InChI is InChI=1S/C21H26N2O4S/c1-15-7-12-20(27-3)19(14-15)22-21(24)17-8-10-18(11-9-17)28(25,26)23-13-5-4-6-16(23)2/h7-12,14,16H,4-6,13H2,1-3H3,(H,22,24). The van der Waals surface area contributed by atoms with Crippen LogP contribution in [-0.2, 0) is 10.0 Å². The Hall–Kier alpha value is -2.38. The van der Waals surface area contributed by atoms with E-state index in [4.69, 9.17) is 4.74 Å². The molecular formula is C21H26N2O4S. The molecule has 28 heavy (non-hydrogen) atoms. The van der Waals surface area contributed by atoms with Gasteiger partial charge in [-0.2, -0.15) is 4.31 Å². The summed E-state index contributed by atoms with van der Waals surface area (Å²) in [5.74, 6) is 0.247. The second-order valence-corrected chi connectivity index (χ2v) is 9.03. The van der Waals surface area contributed by atoms with Crippen molar-refractivity contribution in [1.82, 2.24) is 4.31 Å². The molecule has 1 amide bonds. The number of carbonyl (C=O) groups is 1. The van der Waals surface area contributed by atoms with Gasteiger partial charge in [0, 0.05) is 18.2 Å². The van der Waals surface area contributed by atoms with Gasteiger partial charge in [-0.05, 0) is 68.7 Å². The van der Waals surface area contributed by atoms with Gasteiger partial charge < -0.3 is 10.1 Å². The number of carbonyl (C=O) groups excluding carboxylic acids is 1. The summed E-state index contributed by atoms with van der Waals surface area (Å²) in [6.45, 7) is 4.41. The van der Waals surface area contributed by atoms with Crippen molar-refractivity contribution in [2.75, 3.05) is 19.0 Å². The highest BCUT2D eigenvalue weighted by molar-refractivity contribution is 7.89. The van der Waals surface area contributed by atoms with E-state index in [0.717, 1.165) is 24.8 Å². The number of rotatable bonds is 5. The van der Waals surface area contributed by atoms with Crippen molar-refractivity contribution < 1.29 is 17.9 Å². The van der Waals surface area contributed by atoms with E-state index in [1.165, 1.54) is 12.1 Å². The lowest BCUT2D eigenvalue weighted by molar-refractivity contribution is 0.102. The van der Waals surface area contributed by atoms with Crippen LogP contribution >= 0.6 is 0 Å². The third-order valence-corrected chi connectivity index (χ3v) is 7.10. The van der Waals surface area contributed by atoms with Gasteiger partial charge in [0.2, 0.25) is 10.0 Å². The van der Waals surface area contributed by atoms with Gasteiger partial charge in [0.05, 0.1) is 17.7 Å². The number of nitrogens with zero attached hydrogens (tertiary/aromatic N) is 1. The van der Waals surface area contributed by atoms with Crippen LogP contribution in [-0.4, -0.2) is 38.3 Å². The summed E-state index contributed by atoms with van der Waals surface area (Å²) in [6.07, 6.45) is 2.80. The molecule has 1 aliphatic heterocycles. The van der Waals surface area contributed by atoms with Crippen LogP contribution in [0.5, 0.6) is 5.75 Å². The van der Waals surface area contributed by atoms with Gasteiger partial charge >= 0.3 is 0 Å². The Morgan fingerprint density at radius 2 is 1.86 bits per heavy atom. The zero-order valence-electron chi connectivity index (χ0n) is 16.4. The molecule has 0 aliphatic carbocycles. The van der Waals surface area contributed by atoms with Crippen LogP contribution in [0.2, 0.25) is 0 Å². The van der Waals surface area contributed by atoms with E-state index in [2.05, 4.69) is 5.32 Å². The third-order valence-electron chi connectivity index (χ3n) is 5.07. The number of anilines is 1. The molecule has 150 valence electrons. The molecular weight excluding hydrogens is 376 g/mol. The normalized spacial score (nSPS) is 17.9. The average Bonchev–Trinajstić information content (AvgIpc) is 2.68. The monoisotopic (exact) mass is 402 g/mol. The number of methoxy groups -OCH3 is 1. The van der Waals surface area contributed by atoms with Crippen molar-refractivity contribution in [3.8, 4) is 5.75 Å². The topological polar surface area (TPSA) is 75.7 Å². The van der Waals surface area contributed by atoms with Crippen molar-refractivity contribution >= 4 is 21.6 Å². The molecule has 0 aromatic heterocycles. The van der Waals surface area contributed by atoms with Gasteiger partial charge in [0.15, 0.2) is 0 Å². The zero-order valence-corrected chi connectivity index (χ0v) is 17.3. The number of nitrogens with one attached hydrogen (secondary N) is 1. The van der Waals surface area contributed by atoms with Crippen LogP contribution in [0, 0.1) is 6.92 Å². The van der Waals surface area contributed by atoms with Crippen LogP contribution in [0.15, 0.2) is 47.4 Å². The highest BCUT2D eigenvalue weighted by atomic mass is 32.2. The van der Waals surface area contributed by atoms with Crippen molar-refractivity contribution in [3.63, 3.8) is 0 Å². The Bertz CT molecular complexity index is 955. The van der Waals surface area contributed by atoms with E-state index in [-0.39, 0.29) is 16.8 Å². The zero-order chi connectivity index (χ0) is 20.3. The SMILES string of the molecule is COc1ccc(C)cc1NC(=O)c1ccc(S(=O)(=O)N2CCCCC2C)cc1. The lowest BCUT2D eigenvalue weighted by Crippen LogP contribution is -2.41. The first-order chi connectivity index (χ1) is 13.3. The number of sulfonamides is 1. The number of hydrogen-bond acceptors (Lipinski definition) is 4. The minimum absolute atomic E-state index is 0.00416. The molecule has 1 heterocycles. The van der Waals surface area contributed by atoms with Crippen LogP contribution in [0.4, 0.5) is 5.69 Å². The Balaban J connectivity index is 1.79. The fourth-order valence-electron chi connectivity index (χ4n) is 3.46. The van der Waals surface area contributed by atoms with Crippen molar-refractivity contribution in [1.29, 1.82) is 0 Å². The maximum atomic E-state index is 12.9. The molecule has 0 radical (unpaired) electrons. The molecule has 1 aliphatic rings. The van der Waals surface area contributed by atoms with Gasteiger partial charge in [-0.1, -0.05) is 12.5 Å². The van der Waals surface area contributed by atoms with Gasteiger partial charge in [-0.25, -0.2) is 8.42 Å². The largest absolute Gasteiger partial charge is 0.495 e. The van der Waals surface area contributed by atoms with E-state index in [0.29, 0.717) is 23.5 Å². The number of amides is 1. The number of piperidine rings is 1. The first-order valence-electron chi connectivity index (χ1n) is 9.41. The molecule has 0 saturated carbocycles. The lowest BCUT2D eigenvalue weighted by Gasteiger charge is -2.32. The molecule has 1 N–H and O–H groups in total. The molecule has 1 atom stereocenters. The molecule has 2 aromatic rings. The van der Waals surface area contributed by atoms with Crippen LogP contribution in [0.25, 0.3) is 0 Å². The molecule has 2 aromatic carbocycles. The van der Waals surface area contributed by atoms with Crippen LogP contribution in [0.3, 0.4) is 0 Å². The number of benzene rings is 2. The summed E-state index contributed by atoms with van der Waals surface area (Å²) in [6, 6.07) is 11.6. The van der Waals surface area contributed by atoms with E-state index >= 15 is 0 Å². The van der Waals surface area contributed by atoms with E-state index in [1.807, 2.05) is 26.0 Å². The quantitative estimate of drug-likeness (QED) is 0.825. The Morgan fingerprint density at radius 3 is 2.50 bits per heavy atom. The fourth-order valence-corrected chi connectivity index (χ4v) is 5.16. The van der Waals surface area contributed by atoms with Gasteiger partial charge in [0.1, 0.15) is 5.75 Å². The van der Waals surface area contributed by atoms with E-state index in [9.17, 15) is 13.2 Å². The number of aryl methyl sites for hydroxylation is 1. The molecule has 0 spiro atoms. The second kappa shape index (κ2) is 8.32. The maximum Gasteiger partial charge on any atom is 0.255 e. The summed E-state index contributed by atoms with van der Waals surface area (Å²) in [5, 5.41) is 2.82. The molecule has 1 unspecified atom stereocenters. The molecule has 3 rings (SSSR count). The molecule has 6 nitrogen and oxygen atoms in total. The summed E-state index contributed by atoms with van der Waals surface area (Å²) in [7, 11) is -2.00. The molecule has 1 fully saturated rings. The average molecular weight is 403 g/mol. The fraction of sp³-hybridized carbons (Fsp3) is 0.381. The van der Waals surface area contributed by atoms with Crippen LogP contribution in [0.1, 0.15) is 42.1 Å². The predicted octanol–water partition coefficient (Wildman–Crippen LogP) is 3.82. The molecule has 0 bridgehead atoms. The highest BCUT2D eigenvalue weighted by Gasteiger charge is 2.30. The Labute approximate surface area is 166 Å². The Kier molecular flexibility index (Phi) is 6.05. The summed E-state index contributed by atoms with van der Waals surface area (Å²) >= 11 is 0. The minimum Gasteiger partial charge on any atom is -0.495 e. The Morgan fingerprint density at radius 1 is 1.14 bits per heavy atom. The van der Waals surface area contributed by atoms with E-state index < -0.39 is 10.0 Å². The van der Waals surface area contributed by atoms with Crippen molar-refractivity contribution in [2.45, 2.75) is 44.0 Å². The maximum absolute atomic E-state index is 12.9. The summed E-state index contributed by atoms with van der Waals surface area (Å²) in [5.41, 5.74) is 1.95. The smallest absolute Gasteiger partial charge is 0.255 e. The lowest BCUT2D eigenvalue weighted by atomic mass is 10.1. The predicted molar refractivity (Wildman–Crippen MR) is 109 cm³/mol. The number of hydrogen-bond donors (Lipinski definition) is 1. The second-order valence-electron chi connectivity index (χ2n) is 7.14. The number of ether oxygens (including phenoxy) is 1.